The number of rotatable bonds is 16. The van der Waals surface area contributed by atoms with Crippen LogP contribution < -0.4 is 23.7 Å². The first-order chi connectivity index (χ1) is 25.2. The summed E-state index contributed by atoms with van der Waals surface area (Å²) in [5.74, 6) is 3.10. The zero-order chi connectivity index (χ0) is 37.4. The molecule has 2 aromatic carbocycles. The summed E-state index contributed by atoms with van der Waals surface area (Å²) in [5.41, 5.74) is 0.865. The maximum atomic E-state index is 14.2. The Morgan fingerprint density at radius 3 is 2.19 bits per heavy atom. The summed E-state index contributed by atoms with van der Waals surface area (Å²) in [6.07, 6.45) is 8.53. The van der Waals surface area contributed by atoms with Gasteiger partial charge < -0.3 is 28.4 Å². The van der Waals surface area contributed by atoms with Crippen LogP contribution in [0, 0.1) is 24.3 Å². The zero-order valence-electron chi connectivity index (χ0n) is 31.7. The lowest BCUT2D eigenvalue weighted by Crippen LogP contribution is -2.37. The highest BCUT2D eigenvalue weighted by molar-refractivity contribution is 6.29. The molecule has 1 fully saturated rings. The van der Waals surface area contributed by atoms with E-state index >= 15 is 0 Å². The number of methoxy groups -OCH3 is 4. The van der Waals surface area contributed by atoms with Crippen LogP contribution in [0.2, 0.25) is 0 Å². The highest BCUT2D eigenvalue weighted by atomic mass is 16.5. The Kier molecular flexibility index (Phi) is 12.8. The summed E-state index contributed by atoms with van der Waals surface area (Å²) in [5, 5.41) is 4.83. The highest BCUT2D eigenvalue weighted by Gasteiger charge is 2.41. The molecule has 0 bridgehead atoms. The van der Waals surface area contributed by atoms with Crippen molar-refractivity contribution >= 4 is 23.1 Å². The third-order valence-electron chi connectivity index (χ3n) is 9.80. The molecule has 52 heavy (non-hydrogen) atoms. The number of carbonyl (C=O) groups is 1. The maximum absolute atomic E-state index is 14.2. The molecule has 2 atom stereocenters. The molecule has 2 aliphatic rings. The number of ether oxygens (including phenoxy) is 6. The van der Waals surface area contributed by atoms with Gasteiger partial charge in [0.1, 0.15) is 34.6 Å². The molecule has 12 heteroatoms. The molecule has 278 valence electrons. The van der Waals surface area contributed by atoms with Gasteiger partial charge in [0.15, 0.2) is 29.0 Å². The summed E-state index contributed by atoms with van der Waals surface area (Å²) in [6.45, 7) is 17.5. The van der Waals surface area contributed by atoms with Crippen LogP contribution in [-0.4, -0.2) is 67.7 Å². The van der Waals surface area contributed by atoms with Gasteiger partial charge in [-0.1, -0.05) is 59.8 Å². The maximum Gasteiger partial charge on any atom is 0.331 e. The van der Waals surface area contributed by atoms with Crippen LogP contribution >= 0.6 is 0 Å². The number of hydrogen-bond acceptors (Lipinski definition) is 10. The topological polar surface area (TPSA) is 120 Å². The first-order valence-electron chi connectivity index (χ1n) is 18.2. The van der Waals surface area contributed by atoms with E-state index in [1.165, 1.54) is 51.7 Å². The van der Waals surface area contributed by atoms with Crippen molar-refractivity contribution in [2.24, 2.45) is 22.7 Å². The van der Waals surface area contributed by atoms with Gasteiger partial charge >= 0.3 is 5.97 Å². The van der Waals surface area contributed by atoms with Crippen LogP contribution in [0.5, 0.6) is 28.7 Å². The van der Waals surface area contributed by atoms with Crippen molar-refractivity contribution in [3.05, 3.63) is 53.3 Å². The lowest BCUT2D eigenvalue weighted by molar-refractivity contribution is -0.150. The number of aliphatic imine (C=N–C) groups is 1. The zero-order valence-corrected chi connectivity index (χ0v) is 31.7. The van der Waals surface area contributed by atoms with Crippen molar-refractivity contribution < 1.29 is 33.2 Å². The largest absolute Gasteiger partial charge is 0.496 e. The number of benzene rings is 2. The Bertz CT molecular complexity index is 1830. The minimum absolute atomic E-state index is 0.000546. The van der Waals surface area contributed by atoms with Crippen LogP contribution in [0.15, 0.2) is 41.0 Å². The Hall–Kier alpha value is -5.05. The predicted octanol–water partition coefficient (Wildman–Crippen LogP) is 8.55. The summed E-state index contributed by atoms with van der Waals surface area (Å²) >= 11 is 0. The fraction of sp³-hybridized carbons (Fsp3) is 0.525. The monoisotopic (exact) mass is 713 g/mol. The Balaban J connectivity index is 1.58. The fourth-order valence-electron chi connectivity index (χ4n) is 7.30. The smallest absolute Gasteiger partial charge is 0.331 e. The van der Waals surface area contributed by atoms with Gasteiger partial charge in [-0.3, -0.25) is 0 Å². The van der Waals surface area contributed by atoms with Gasteiger partial charge in [0.2, 0.25) is 5.70 Å². The number of fused-ring (bicyclic) bond motifs is 1. The Morgan fingerprint density at radius 1 is 0.885 bits per heavy atom. The molecule has 0 N–H and O–H groups in total. The van der Waals surface area contributed by atoms with Gasteiger partial charge in [-0.15, -0.1) is 5.10 Å². The Morgan fingerprint density at radius 2 is 1.54 bits per heavy atom. The van der Waals surface area contributed by atoms with Gasteiger partial charge in [-0.05, 0) is 55.2 Å². The van der Waals surface area contributed by atoms with E-state index < -0.39 is 5.97 Å². The molecule has 1 aromatic heterocycles. The molecule has 0 saturated heterocycles. The first kappa shape index (κ1) is 38.2. The van der Waals surface area contributed by atoms with Gasteiger partial charge in [0.25, 0.3) is 0 Å². The lowest BCUT2D eigenvalue weighted by atomic mass is 9.75. The predicted molar refractivity (Wildman–Crippen MR) is 200 cm³/mol. The molecule has 3 aromatic rings. The van der Waals surface area contributed by atoms with Crippen molar-refractivity contribution in [1.82, 2.24) is 14.8 Å². The number of allylic oxidation sites excluding steroid dienone is 1. The third kappa shape index (κ3) is 8.19. The molecule has 5 rings (SSSR count). The van der Waals surface area contributed by atoms with E-state index in [1.54, 1.807) is 19.2 Å². The molecule has 12 nitrogen and oxygen atoms in total. The summed E-state index contributed by atoms with van der Waals surface area (Å²) in [6, 6.07) is 8.78. The minimum atomic E-state index is -0.642. The number of esters is 1. The molecule has 2 unspecified atom stereocenters. The normalized spacial score (nSPS) is 20.3. The van der Waals surface area contributed by atoms with E-state index in [-0.39, 0.29) is 46.7 Å². The molecule has 1 aliphatic heterocycles. The van der Waals surface area contributed by atoms with Crippen LogP contribution in [0.25, 0.3) is 21.8 Å². The van der Waals surface area contributed by atoms with Crippen molar-refractivity contribution in [1.29, 1.82) is 0 Å². The van der Waals surface area contributed by atoms with Gasteiger partial charge in [0, 0.05) is 12.1 Å². The molecule has 0 radical (unpaired) electrons. The molecule has 0 amide bonds. The SMILES string of the molecule is [C-]#[N+]C1=C(C(=O)OC2C(C)CC(C)CC2C)c2nc(-c3cc(OCCCCCCCC)ccc3OC)nn2/C1=N/c1cc(OC)c(OC)cc1OC. The number of hydrogen-bond donors (Lipinski definition) is 0. The van der Waals surface area contributed by atoms with Crippen LogP contribution in [0.4, 0.5) is 5.69 Å². The summed E-state index contributed by atoms with van der Waals surface area (Å²) in [4.78, 5) is 27.7. The van der Waals surface area contributed by atoms with Gasteiger partial charge in [0.05, 0.1) is 47.2 Å². The number of unbranched alkanes of at least 4 members (excludes halogenated alkanes) is 5. The molecular weight excluding hydrogens is 662 g/mol. The minimum Gasteiger partial charge on any atom is -0.496 e. The Labute approximate surface area is 307 Å². The van der Waals surface area contributed by atoms with E-state index in [0.717, 1.165) is 25.7 Å². The van der Waals surface area contributed by atoms with Gasteiger partial charge in [-0.25, -0.2) is 24.3 Å². The van der Waals surface area contributed by atoms with E-state index in [2.05, 4.69) is 32.5 Å². The summed E-state index contributed by atoms with van der Waals surface area (Å²) < 4.78 is 36.1. The van der Waals surface area contributed by atoms with Crippen LogP contribution in [0.3, 0.4) is 0 Å². The molecule has 0 spiro atoms. The molecule has 1 saturated carbocycles. The quantitative estimate of drug-likeness (QED) is 0.0817. The van der Waals surface area contributed by atoms with Gasteiger partial charge in [-0.2, -0.15) is 0 Å². The molecular formula is C40H51N5O7. The summed E-state index contributed by atoms with van der Waals surface area (Å²) in [7, 11) is 6.12. The first-order valence-corrected chi connectivity index (χ1v) is 18.2. The van der Waals surface area contributed by atoms with Crippen molar-refractivity contribution in [3.63, 3.8) is 0 Å². The van der Waals surface area contributed by atoms with E-state index in [1.807, 2.05) is 18.2 Å². The van der Waals surface area contributed by atoms with Crippen molar-refractivity contribution in [2.45, 2.75) is 85.2 Å². The average molecular weight is 714 g/mol. The van der Waals surface area contributed by atoms with Crippen molar-refractivity contribution in [3.8, 4) is 40.1 Å². The lowest BCUT2D eigenvalue weighted by Gasteiger charge is -2.37. The van der Waals surface area contributed by atoms with E-state index in [9.17, 15) is 4.79 Å². The second kappa shape index (κ2) is 17.4. The van der Waals surface area contributed by atoms with Crippen LogP contribution in [-0.2, 0) is 9.53 Å². The number of nitrogens with zero attached hydrogens (tertiary/aromatic N) is 5. The fourth-order valence-corrected chi connectivity index (χ4v) is 7.30. The standard InChI is InChI=1S/C40H51N5O7/c1-10-11-12-13-14-15-18-51-27-16-17-30(47-6)28(21-27)37-43-38-34(40(46)52-36-25(3)19-24(2)20-26(36)4)35(41-5)39(45(38)44-37)42-29-22-32(49-8)33(50-9)23-31(29)48-7/h16-17,21-26,36H,10-15,18-20H2,1-4,6-9H3/b42-39+. The molecule has 2 heterocycles. The molecule has 1 aliphatic carbocycles. The van der Waals surface area contributed by atoms with Crippen molar-refractivity contribution in [2.75, 3.05) is 35.0 Å². The third-order valence-corrected chi connectivity index (χ3v) is 9.80. The second-order valence-electron chi connectivity index (χ2n) is 13.7. The second-order valence-corrected chi connectivity index (χ2v) is 13.7. The average Bonchev–Trinajstić information content (AvgIpc) is 3.69. The van der Waals surface area contributed by atoms with E-state index in [4.69, 9.17) is 50.1 Å². The highest BCUT2D eigenvalue weighted by Crippen LogP contribution is 2.42. The van der Waals surface area contributed by atoms with Crippen LogP contribution in [0.1, 0.15) is 84.9 Å². The number of carbonyl (C=O) groups excluding carboxylic acids is 1. The number of aromatic nitrogens is 3. The van der Waals surface area contributed by atoms with E-state index in [0.29, 0.717) is 52.5 Å².